The van der Waals surface area contributed by atoms with E-state index in [4.69, 9.17) is 0 Å². The molecule has 4 nitrogen and oxygen atoms in total. The van der Waals surface area contributed by atoms with Crippen molar-refractivity contribution in [2.45, 2.75) is 25.4 Å². The van der Waals surface area contributed by atoms with Gasteiger partial charge in [-0.3, -0.25) is 19.3 Å². The predicted octanol–water partition coefficient (Wildman–Crippen LogP) is -0.0319. The first kappa shape index (κ1) is 10.3. The summed E-state index contributed by atoms with van der Waals surface area (Å²) in [6, 6.07) is 0. The number of ketones is 1. The highest BCUT2D eigenvalue weighted by Gasteiger charge is 2.35. The average Bonchev–Trinajstić information content (AvgIpc) is 2.24. The lowest BCUT2D eigenvalue weighted by Gasteiger charge is -2.12. The van der Waals surface area contributed by atoms with Gasteiger partial charge < -0.3 is 0 Å². The molecule has 0 aromatic rings. The van der Waals surface area contributed by atoms with Gasteiger partial charge >= 0.3 is 0 Å². The van der Waals surface area contributed by atoms with Crippen LogP contribution in [0.15, 0.2) is 0 Å². The molecule has 13 heavy (non-hydrogen) atoms. The standard InChI is InChI=1S/C8H12NO3P/c1-5(10)2-3-9-7(11)4-6(13)8(9)12/h6H,2-4,13H2,1H3. The molecule has 5 heteroatoms. The lowest BCUT2D eigenvalue weighted by molar-refractivity contribution is -0.138. The maximum absolute atomic E-state index is 11.3. The Morgan fingerprint density at radius 1 is 1.62 bits per heavy atom. The Morgan fingerprint density at radius 3 is 2.62 bits per heavy atom. The third kappa shape index (κ3) is 2.34. The first-order chi connectivity index (χ1) is 6.02. The van der Waals surface area contributed by atoms with Crippen LogP contribution in [0.2, 0.25) is 0 Å². The topological polar surface area (TPSA) is 54.5 Å². The fourth-order valence-corrected chi connectivity index (χ4v) is 1.59. The van der Waals surface area contributed by atoms with Crippen molar-refractivity contribution in [3.63, 3.8) is 0 Å². The highest BCUT2D eigenvalue weighted by Crippen LogP contribution is 2.19. The summed E-state index contributed by atoms with van der Waals surface area (Å²) in [5.41, 5.74) is -0.292. The zero-order chi connectivity index (χ0) is 10.0. The Balaban J connectivity index is 2.54. The Kier molecular flexibility index (Phi) is 3.15. The smallest absolute Gasteiger partial charge is 0.236 e. The van der Waals surface area contributed by atoms with Crippen LogP contribution in [0.1, 0.15) is 19.8 Å². The van der Waals surface area contributed by atoms with Crippen molar-refractivity contribution >= 4 is 26.8 Å². The summed E-state index contributed by atoms with van der Waals surface area (Å²) in [5, 5.41) is 0. The van der Waals surface area contributed by atoms with Gasteiger partial charge in [-0.1, -0.05) is 0 Å². The third-order valence-corrected chi connectivity index (χ3v) is 2.49. The van der Waals surface area contributed by atoms with E-state index < -0.39 is 0 Å². The van der Waals surface area contributed by atoms with Crippen molar-refractivity contribution in [1.82, 2.24) is 4.90 Å². The molecule has 0 spiro atoms. The van der Waals surface area contributed by atoms with E-state index in [1.807, 2.05) is 0 Å². The number of nitrogens with zero attached hydrogens (tertiary/aromatic N) is 1. The van der Waals surface area contributed by atoms with Gasteiger partial charge in [-0.15, -0.1) is 9.24 Å². The van der Waals surface area contributed by atoms with E-state index in [1.165, 1.54) is 11.8 Å². The zero-order valence-corrected chi connectivity index (χ0v) is 8.60. The maximum Gasteiger partial charge on any atom is 0.236 e. The van der Waals surface area contributed by atoms with Crippen LogP contribution in [-0.2, 0) is 14.4 Å². The summed E-state index contributed by atoms with van der Waals surface area (Å²) in [6.45, 7) is 1.68. The molecule has 1 fully saturated rings. The van der Waals surface area contributed by atoms with Crippen LogP contribution in [0.3, 0.4) is 0 Å². The summed E-state index contributed by atoms with van der Waals surface area (Å²) < 4.78 is 0. The molecule has 0 aliphatic carbocycles. The third-order valence-electron chi connectivity index (χ3n) is 1.97. The van der Waals surface area contributed by atoms with E-state index >= 15 is 0 Å². The Morgan fingerprint density at radius 2 is 2.23 bits per heavy atom. The molecule has 2 amide bonds. The van der Waals surface area contributed by atoms with Gasteiger partial charge in [-0.25, -0.2) is 0 Å². The van der Waals surface area contributed by atoms with E-state index in [9.17, 15) is 14.4 Å². The first-order valence-electron chi connectivity index (χ1n) is 4.11. The van der Waals surface area contributed by atoms with E-state index in [2.05, 4.69) is 9.24 Å². The number of carbonyl (C=O) groups excluding carboxylic acids is 3. The summed E-state index contributed by atoms with van der Waals surface area (Å²) in [6.07, 6.45) is 0.510. The summed E-state index contributed by atoms with van der Waals surface area (Å²) in [4.78, 5) is 34.3. The van der Waals surface area contributed by atoms with Crippen molar-refractivity contribution in [2.75, 3.05) is 6.54 Å². The van der Waals surface area contributed by atoms with Gasteiger partial charge in [0.2, 0.25) is 11.8 Å². The summed E-state index contributed by atoms with van der Waals surface area (Å²) in [5.74, 6) is -0.365. The van der Waals surface area contributed by atoms with Crippen molar-refractivity contribution in [3.8, 4) is 0 Å². The molecule has 0 aromatic heterocycles. The Hall–Kier alpha value is -0.760. The van der Waals surface area contributed by atoms with Gasteiger partial charge in [-0.05, 0) is 6.92 Å². The van der Waals surface area contributed by atoms with Crippen LogP contribution in [-0.4, -0.2) is 34.7 Å². The number of Topliss-reactive ketones (excluding diaryl/α,β-unsaturated/α-hetero) is 1. The normalized spacial score (nSPS) is 22.6. The van der Waals surface area contributed by atoms with Gasteiger partial charge in [0.05, 0.1) is 5.66 Å². The van der Waals surface area contributed by atoms with Crippen molar-refractivity contribution < 1.29 is 14.4 Å². The second kappa shape index (κ2) is 3.97. The molecule has 0 aromatic carbocycles. The van der Waals surface area contributed by atoms with Crippen LogP contribution >= 0.6 is 9.24 Å². The van der Waals surface area contributed by atoms with Gasteiger partial charge in [0.1, 0.15) is 5.78 Å². The van der Waals surface area contributed by atoms with E-state index in [0.29, 0.717) is 0 Å². The summed E-state index contributed by atoms with van der Waals surface area (Å²) in [7, 11) is 2.34. The summed E-state index contributed by atoms with van der Waals surface area (Å²) >= 11 is 0. The van der Waals surface area contributed by atoms with Gasteiger partial charge in [-0.2, -0.15) is 0 Å². The quantitative estimate of drug-likeness (QED) is 0.476. The van der Waals surface area contributed by atoms with Crippen molar-refractivity contribution in [1.29, 1.82) is 0 Å². The van der Waals surface area contributed by atoms with Crippen LogP contribution in [0, 0.1) is 0 Å². The van der Waals surface area contributed by atoms with Gasteiger partial charge in [0.15, 0.2) is 0 Å². The Labute approximate surface area is 78.9 Å². The molecular formula is C8H12NO3P. The van der Waals surface area contributed by atoms with Crippen molar-refractivity contribution in [3.05, 3.63) is 0 Å². The number of amides is 2. The molecule has 0 bridgehead atoms. The number of rotatable bonds is 3. The molecule has 0 N–H and O–H groups in total. The Bertz CT molecular complexity index is 264. The monoisotopic (exact) mass is 201 g/mol. The average molecular weight is 201 g/mol. The molecule has 2 atom stereocenters. The zero-order valence-electron chi connectivity index (χ0n) is 7.45. The van der Waals surface area contributed by atoms with Crippen molar-refractivity contribution in [2.24, 2.45) is 0 Å². The lowest BCUT2D eigenvalue weighted by Crippen LogP contribution is -2.32. The molecule has 2 unspecified atom stereocenters. The molecule has 1 heterocycles. The minimum atomic E-state index is -0.292. The number of hydrogen-bond acceptors (Lipinski definition) is 3. The molecule has 1 aliphatic heterocycles. The second-order valence-corrected chi connectivity index (χ2v) is 3.95. The van der Waals surface area contributed by atoms with E-state index in [-0.39, 0.29) is 42.6 Å². The molecule has 1 saturated heterocycles. The van der Waals surface area contributed by atoms with Crippen LogP contribution < -0.4 is 0 Å². The number of hydrogen-bond donors (Lipinski definition) is 0. The number of imide groups is 1. The number of carbonyl (C=O) groups is 3. The largest absolute Gasteiger partial charge is 0.300 e. The van der Waals surface area contributed by atoms with Gasteiger partial charge in [0, 0.05) is 19.4 Å². The number of likely N-dealkylation sites (tertiary alicyclic amines) is 1. The molecule has 0 radical (unpaired) electrons. The molecule has 1 rings (SSSR count). The highest BCUT2D eigenvalue weighted by molar-refractivity contribution is 7.19. The molecule has 0 saturated carbocycles. The van der Waals surface area contributed by atoms with Crippen LogP contribution in [0.4, 0.5) is 0 Å². The fourth-order valence-electron chi connectivity index (χ4n) is 1.21. The fraction of sp³-hybridized carbons (Fsp3) is 0.625. The SMILES string of the molecule is CC(=O)CCN1C(=O)CC(P)C1=O. The molecule has 1 aliphatic rings. The van der Waals surface area contributed by atoms with E-state index in [0.717, 1.165) is 0 Å². The predicted molar refractivity (Wildman–Crippen MR) is 50.1 cm³/mol. The molecular weight excluding hydrogens is 189 g/mol. The minimum absolute atomic E-state index is 0.00666. The van der Waals surface area contributed by atoms with Crippen LogP contribution in [0.25, 0.3) is 0 Å². The van der Waals surface area contributed by atoms with Gasteiger partial charge in [0.25, 0.3) is 0 Å². The first-order valence-corrected chi connectivity index (χ1v) is 4.78. The second-order valence-electron chi connectivity index (χ2n) is 3.15. The lowest BCUT2D eigenvalue weighted by atomic mass is 10.3. The highest BCUT2D eigenvalue weighted by atomic mass is 31.0. The van der Waals surface area contributed by atoms with E-state index in [1.54, 1.807) is 0 Å². The molecule has 72 valence electrons. The maximum atomic E-state index is 11.3. The van der Waals surface area contributed by atoms with Crippen LogP contribution in [0.5, 0.6) is 0 Å². The minimum Gasteiger partial charge on any atom is -0.300 e.